The minimum absolute atomic E-state index is 0.247. The summed E-state index contributed by atoms with van der Waals surface area (Å²) in [5.74, 6) is 0. The highest BCUT2D eigenvalue weighted by atomic mass is 31.2. The minimum Gasteiger partial charge on any atom is -0.379 e. The third-order valence-electron chi connectivity index (χ3n) is 2.54. The van der Waals surface area contributed by atoms with Crippen molar-refractivity contribution >= 4 is 15.7 Å². The first-order chi connectivity index (χ1) is 7.03. The van der Waals surface area contributed by atoms with Crippen LogP contribution >= 0.6 is 7.82 Å². The van der Waals surface area contributed by atoms with E-state index in [-0.39, 0.29) is 12.1 Å². The van der Waals surface area contributed by atoms with Crippen LogP contribution in [-0.2, 0) is 23.1 Å². The number of fused-ring (bicyclic) bond motifs is 1. The zero-order valence-corrected chi connectivity index (χ0v) is 9.55. The van der Waals surface area contributed by atoms with Crippen LogP contribution < -0.4 is 0 Å². The predicted molar refractivity (Wildman–Crippen MR) is 53.3 cm³/mol. The molecule has 0 amide bonds. The van der Waals surface area contributed by atoms with Gasteiger partial charge in [0.2, 0.25) is 0 Å². The lowest BCUT2D eigenvalue weighted by Gasteiger charge is -2.15. The van der Waals surface area contributed by atoms with E-state index < -0.39 is 20.0 Å². The van der Waals surface area contributed by atoms with E-state index in [0.717, 1.165) is 0 Å². The molecule has 0 bridgehead atoms. The average molecular weight is 236 g/mol. The lowest BCUT2D eigenvalue weighted by atomic mass is 9.93. The fourth-order valence-electron chi connectivity index (χ4n) is 1.88. The van der Waals surface area contributed by atoms with Gasteiger partial charge in [-0.25, -0.2) is 4.57 Å². The fourth-order valence-corrected chi connectivity index (χ4v) is 3.10. The summed E-state index contributed by atoms with van der Waals surface area (Å²) in [6, 6.07) is -0.247. The van der Waals surface area contributed by atoms with Crippen molar-refractivity contribution in [3.63, 3.8) is 0 Å². The Labute approximate surface area is 88.9 Å². The lowest BCUT2D eigenvalue weighted by Crippen LogP contribution is -2.32. The van der Waals surface area contributed by atoms with E-state index in [9.17, 15) is 9.46 Å². The molecule has 6 nitrogen and oxygen atoms in total. The molecule has 0 aliphatic carbocycles. The molecule has 2 aliphatic rings. The highest BCUT2D eigenvalue weighted by Crippen LogP contribution is 2.56. The van der Waals surface area contributed by atoms with E-state index in [4.69, 9.17) is 18.5 Å². The molecule has 2 fully saturated rings. The lowest BCUT2D eigenvalue weighted by molar-refractivity contribution is -0.0256. The molecule has 0 radical (unpaired) electrons. The van der Waals surface area contributed by atoms with E-state index in [1.54, 1.807) is 7.85 Å². The van der Waals surface area contributed by atoms with Gasteiger partial charge in [0.05, 0.1) is 12.6 Å². The Bertz CT molecular complexity index is 287. The van der Waals surface area contributed by atoms with Crippen LogP contribution in [0.15, 0.2) is 0 Å². The van der Waals surface area contributed by atoms with E-state index in [2.05, 4.69) is 0 Å². The number of hydrogen-bond donors (Lipinski definition) is 1. The van der Waals surface area contributed by atoms with Crippen LogP contribution in [0.2, 0.25) is 0 Å². The minimum atomic E-state index is -3.86. The Morgan fingerprint density at radius 2 is 2.13 bits per heavy atom. The largest absolute Gasteiger partial charge is 0.473 e. The van der Waals surface area contributed by atoms with Gasteiger partial charge < -0.3 is 14.4 Å². The Morgan fingerprint density at radius 1 is 1.47 bits per heavy atom. The van der Waals surface area contributed by atoms with E-state index in [1.165, 1.54) is 0 Å². The van der Waals surface area contributed by atoms with Crippen molar-refractivity contribution < 1.29 is 28.0 Å². The van der Waals surface area contributed by atoms with Crippen LogP contribution in [0.3, 0.4) is 0 Å². The molecule has 15 heavy (non-hydrogen) atoms. The molecule has 2 rings (SSSR count). The van der Waals surface area contributed by atoms with Gasteiger partial charge in [-0.05, 0) is 6.92 Å². The standard InChI is InChI=1S/C7H14BO6P/c1-2-11-3-4-5-6(7(8)12-4)14-15(9,10)13-5/h4-7H,2-3,8H2,1H3,(H,9,10). The average Bonchev–Trinajstić information content (AvgIpc) is 2.60. The number of hydrogen-bond acceptors (Lipinski definition) is 5. The van der Waals surface area contributed by atoms with Gasteiger partial charge in [0.1, 0.15) is 26.2 Å². The Morgan fingerprint density at radius 3 is 2.80 bits per heavy atom. The molecule has 0 aromatic heterocycles. The number of phosphoric ester groups is 1. The summed E-state index contributed by atoms with van der Waals surface area (Å²) in [5, 5.41) is 0. The van der Waals surface area contributed by atoms with Crippen LogP contribution in [0.4, 0.5) is 0 Å². The van der Waals surface area contributed by atoms with Crippen LogP contribution in [-0.4, -0.2) is 50.3 Å². The molecule has 2 heterocycles. The Kier molecular flexibility index (Phi) is 3.21. The number of rotatable bonds is 3. The highest BCUT2D eigenvalue weighted by molar-refractivity contribution is 7.47. The third-order valence-corrected chi connectivity index (χ3v) is 3.56. The normalized spacial score (nSPS) is 49.5. The molecule has 2 aliphatic heterocycles. The second kappa shape index (κ2) is 4.16. The van der Waals surface area contributed by atoms with E-state index in [0.29, 0.717) is 13.2 Å². The van der Waals surface area contributed by atoms with Crippen molar-refractivity contribution in [1.29, 1.82) is 0 Å². The summed E-state index contributed by atoms with van der Waals surface area (Å²) >= 11 is 0. The number of ether oxygens (including phenoxy) is 2. The summed E-state index contributed by atoms with van der Waals surface area (Å²) in [7, 11) is -2.07. The molecular weight excluding hydrogens is 222 g/mol. The second-order valence-corrected chi connectivity index (χ2v) is 5.01. The molecule has 0 aromatic carbocycles. The maximum absolute atomic E-state index is 11.2. The van der Waals surface area contributed by atoms with E-state index in [1.807, 2.05) is 6.92 Å². The summed E-state index contributed by atoms with van der Waals surface area (Å²) in [6.45, 7) is 2.80. The molecule has 2 saturated heterocycles. The van der Waals surface area contributed by atoms with Gasteiger partial charge in [-0.2, -0.15) is 0 Å². The molecule has 5 unspecified atom stereocenters. The van der Waals surface area contributed by atoms with Crippen molar-refractivity contribution in [2.75, 3.05) is 13.2 Å². The zero-order valence-electron chi connectivity index (χ0n) is 8.66. The third kappa shape index (κ3) is 2.28. The zero-order chi connectivity index (χ0) is 11.1. The van der Waals surface area contributed by atoms with Crippen LogP contribution in [0.1, 0.15) is 6.92 Å². The Hall–Kier alpha value is 0.0949. The van der Waals surface area contributed by atoms with Gasteiger partial charge in [0.15, 0.2) is 0 Å². The first kappa shape index (κ1) is 11.6. The molecule has 1 N–H and O–H groups in total. The first-order valence-corrected chi connectivity index (χ1v) is 6.46. The topological polar surface area (TPSA) is 74.2 Å². The summed E-state index contributed by atoms with van der Waals surface area (Å²) < 4.78 is 31.8. The number of phosphoric acid groups is 1. The molecule has 0 saturated carbocycles. The molecule has 0 spiro atoms. The monoisotopic (exact) mass is 236 g/mol. The quantitative estimate of drug-likeness (QED) is 0.514. The van der Waals surface area contributed by atoms with Gasteiger partial charge in [-0.15, -0.1) is 0 Å². The van der Waals surface area contributed by atoms with E-state index >= 15 is 0 Å². The van der Waals surface area contributed by atoms with Crippen molar-refractivity contribution in [1.82, 2.24) is 0 Å². The summed E-state index contributed by atoms with van der Waals surface area (Å²) in [4.78, 5) is 9.18. The fraction of sp³-hybridized carbons (Fsp3) is 1.00. The SMILES string of the molecule is BC1OC(COCC)C2OP(=O)(O)OC12. The molecular formula is C7H14BO6P. The van der Waals surface area contributed by atoms with Crippen LogP contribution in [0.5, 0.6) is 0 Å². The second-order valence-electron chi connectivity index (χ2n) is 3.65. The maximum Gasteiger partial charge on any atom is 0.473 e. The Balaban J connectivity index is 2.02. The maximum atomic E-state index is 11.2. The predicted octanol–water partition coefficient (Wildman–Crippen LogP) is -0.735. The molecule has 86 valence electrons. The van der Waals surface area contributed by atoms with Crippen LogP contribution in [0, 0.1) is 0 Å². The van der Waals surface area contributed by atoms with Crippen molar-refractivity contribution in [2.45, 2.75) is 31.2 Å². The first-order valence-electron chi connectivity index (χ1n) is 4.96. The van der Waals surface area contributed by atoms with Gasteiger partial charge in [-0.3, -0.25) is 9.05 Å². The summed E-state index contributed by atoms with van der Waals surface area (Å²) in [6.07, 6.45) is -1.29. The van der Waals surface area contributed by atoms with Crippen molar-refractivity contribution in [2.24, 2.45) is 0 Å². The smallest absolute Gasteiger partial charge is 0.379 e. The van der Waals surface area contributed by atoms with Crippen molar-refractivity contribution in [3.8, 4) is 0 Å². The molecule has 8 heteroatoms. The van der Waals surface area contributed by atoms with Gasteiger partial charge in [0, 0.05) is 6.61 Å². The van der Waals surface area contributed by atoms with Crippen molar-refractivity contribution in [3.05, 3.63) is 0 Å². The van der Waals surface area contributed by atoms with Gasteiger partial charge >= 0.3 is 7.82 Å². The van der Waals surface area contributed by atoms with Crippen LogP contribution in [0.25, 0.3) is 0 Å². The summed E-state index contributed by atoms with van der Waals surface area (Å²) in [5.41, 5.74) is 0. The van der Waals surface area contributed by atoms with Gasteiger partial charge in [-0.1, -0.05) is 0 Å². The van der Waals surface area contributed by atoms with Gasteiger partial charge in [0.25, 0.3) is 0 Å². The molecule has 0 aromatic rings. The highest BCUT2D eigenvalue weighted by Gasteiger charge is 2.55. The molecule has 5 atom stereocenters.